The van der Waals surface area contributed by atoms with Gasteiger partial charge in [-0.05, 0) is 66.5 Å². The summed E-state index contributed by atoms with van der Waals surface area (Å²) in [5.74, 6) is -0.227. The van der Waals surface area contributed by atoms with Crippen molar-refractivity contribution >= 4 is 12.3 Å². The van der Waals surface area contributed by atoms with Crippen molar-refractivity contribution in [3.8, 4) is 0 Å². The summed E-state index contributed by atoms with van der Waals surface area (Å²) in [5.41, 5.74) is 6.33. The predicted octanol–water partition coefficient (Wildman–Crippen LogP) is 6.85. The minimum Gasteiger partial charge on any atom is -0.381 e. The van der Waals surface area contributed by atoms with Crippen molar-refractivity contribution in [2.24, 2.45) is 4.99 Å². The molecule has 0 aliphatic heterocycles. The molecule has 0 aromatic heterocycles. The molecule has 2 nitrogen and oxygen atoms in total. The molecule has 0 saturated heterocycles. The van der Waals surface area contributed by atoms with E-state index in [-0.39, 0.29) is 5.82 Å². The third kappa shape index (κ3) is 6.86. The summed E-state index contributed by atoms with van der Waals surface area (Å²) in [6.45, 7) is 12.8. The summed E-state index contributed by atoms with van der Waals surface area (Å²) in [7, 11) is 0. The Morgan fingerprint density at radius 3 is 2.62 bits per heavy atom. The number of unbranched alkanes of at least 4 members (excludes halogenated alkanes) is 1. The molecule has 1 N–H and O–H groups in total. The van der Waals surface area contributed by atoms with Crippen molar-refractivity contribution in [2.75, 3.05) is 0 Å². The van der Waals surface area contributed by atoms with Gasteiger partial charge < -0.3 is 5.32 Å². The smallest absolute Gasteiger partial charge is 0.123 e. The number of hydrogen-bond donors (Lipinski definition) is 1. The normalized spacial score (nSPS) is 12.0. The van der Waals surface area contributed by atoms with Gasteiger partial charge in [0.1, 0.15) is 5.82 Å². The predicted molar refractivity (Wildman–Crippen MR) is 123 cm³/mol. The molecule has 2 aromatic carbocycles. The van der Waals surface area contributed by atoms with E-state index >= 15 is 0 Å². The van der Waals surface area contributed by atoms with Crippen LogP contribution in [0.3, 0.4) is 0 Å². The Labute approximate surface area is 174 Å². The quantitative estimate of drug-likeness (QED) is 0.329. The maximum atomic E-state index is 13.4. The molecule has 0 saturated carbocycles. The lowest BCUT2D eigenvalue weighted by molar-refractivity contribution is 0.624. The first kappa shape index (κ1) is 22.4. The largest absolute Gasteiger partial charge is 0.381 e. The molecule has 0 bridgehead atoms. The van der Waals surface area contributed by atoms with Crippen LogP contribution in [0.4, 0.5) is 4.39 Å². The summed E-state index contributed by atoms with van der Waals surface area (Å²) in [5, 5.41) is 3.36. The number of benzene rings is 2. The van der Waals surface area contributed by atoms with E-state index in [2.05, 4.69) is 61.7 Å². The lowest BCUT2D eigenvalue weighted by atomic mass is 9.95. The van der Waals surface area contributed by atoms with E-state index in [4.69, 9.17) is 0 Å². The van der Waals surface area contributed by atoms with Crippen molar-refractivity contribution in [2.45, 2.75) is 46.1 Å². The number of aliphatic imine (C=N–C) groups is 1. The maximum absolute atomic E-state index is 13.4. The third-order valence-electron chi connectivity index (χ3n) is 4.85. The highest BCUT2D eigenvalue weighted by molar-refractivity contribution is 5.77. The van der Waals surface area contributed by atoms with Gasteiger partial charge in [-0.3, -0.25) is 4.99 Å². The molecule has 0 amide bonds. The summed E-state index contributed by atoms with van der Waals surface area (Å²) in [4.78, 5) is 4.04. The summed E-state index contributed by atoms with van der Waals surface area (Å²) in [6.07, 6.45) is 7.98. The van der Waals surface area contributed by atoms with E-state index in [0.29, 0.717) is 6.54 Å². The van der Waals surface area contributed by atoms with Crippen molar-refractivity contribution in [3.05, 3.63) is 101 Å². The number of rotatable bonds is 11. The number of halogens is 1. The van der Waals surface area contributed by atoms with E-state index in [9.17, 15) is 4.39 Å². The molecule has 0 atom stereocenters. The van der Waals surface area contributed by atoms with Gasteiger partial charge in [0.2, 0.25) is 0 Å². The van der Waals surface area contributed by atoms with Gasteiger partial charge in [-0.1, -0.05) is 63.2 Å². The zero-order valence-electron chi connectivity index (χ0n) is 17.5. The van der Waals surface area contributed by atoms with E-state index in [1.807, 2.05) is 12.1 Å². The fraction of sp³-hybridized carbons (Fsp3) is 0.269. The SMILES string of the molecule is C=N/C=C(\C=C(/CCCC)C(=C)NCc1cccc(F)c1)c1ccccc1CC. The second kappa shape index (κ2) is 11.8. The van der Waals surface area contributed by atoms with Crippen LogP contribution in [-0.4, -0.2) is 6.72 Å². The van der Waals surface area contributed by atoms with Gasteiger partial charge in [0.25, 0.3) is 0 Å². The van der Waals surface area contributed by atoms with E-state index in [1.165, 1.54) is 11.6 Å². The van der Waals surface area contributed by atoms with Crippen LogP contribution in [0.1, 0.15) is 49.8 Å². The molecule has 0 radical (unpaired) electrons. The molecule has 0 aliphatic rings. The topological polar surface area (TPSA) is 24.4 Å². The Balaban J connectivity index is 2.29. The number of allylic oxidation sites excluding steroid dienone is 3. The zero-order valence-corrected chi connectivity index (χ0v) is 17.5. The molecule has 2 aromatic rings. The highest BCUT2D eigenvalue weighted by atomic mass is 19.1. The number of nitrogens with one attached hydrogen (secondary N) is 1. The average molecular weight is 391 g/mol. The third-order valence-corrected chi connectivity index (χ3v) is 4.85. The summed E-state index contributed by atoms with van der Waals surface area (Å²) < 4.78 is 13.4. The molecular weight excluding hydrogens is 359 g/mol. The first-order valence-electron chi connectivity index (χ1n) is 10.2. The van der Waals surface area contributed by atoms with Crippen LogP contribution in [0, 0.1) is 5.82 Å². The van der Waals surface area contributed by atoms with Gasteiger partial charge >= 0.3 is 0 Å². The number of hydrogen-bond acceptors (Lipinski definition) is 2. The number of aryl methyl sites for hydroxylation is 1. The van der Waals surface area contributed by atoms with Crippen molar-refractivity contribution in [1.82, 2.24) is 5.32 Å². The summed E-state index contributed by atoms with van der Waals surface area (Å²) >= 11 is 0. The van der Waals surface area contributed by atoms with Gasteiger partial charge in [0.15, 0.2) is 0 Å². The lowest BCUT2D eigenvalue weighted by Gasteiger charge is -2.16. The molecule has 0 heterocycles. The van der Waals surface area contributed by atoms with Gasteiger partial charge in [0, 0.05) is 24.0 Å². The molecule has 152 valence electrons. The van der Waals surface area contributed by atoms with Crippen molar-refractivity contribution in [3.63, 3.8) is 0 Å². The van der Waals surface area contributed by atoms with Gasteiger partial charge in [-0.25, -0.2) is 4.39 Å². The van der Waals surface area contributed by atoms with E-state index < -0.39 is 0 Å². The van der Waals surface area contributed by atoms with Crippen molar-refractivity contribution in [1.29, 1.82) is 0 Å². The molecule has 0 fully saturated rings. The first-order chi connectivity index (χ1) is 14.1. The minimum atomic E-state index is -0.227. The Hall–Kier alpha value is -2.94. The minimum absolute atomic E-state index is 0.227. The average Bonchev–Trinajstić information content (AvgIpc) is 2.74. The van der Waals surface area contributed by atoms with E-state index in [0.717, 1.165) is 53.7 Å². The number of nitrogens with zero attached hydrogens (tertiary/aromatic N) is 1. The van der Waals surface area contributed by atoms with Crippen LogP contribution in [0.15, 0.2) is 83.6 Å². The molecule has 3 heteroatoms. The molecule has 29 heavy (non-hydrogen) atoms. The highest BCUT2D eigenvalue weighted by Gasteiger charge is 2.09. The monoisotopic (exact) mass is 390 g/mol. The van der Waals surface area contributed by atoms with Crippen LogP contribution in [-0.2, 0) is 13.0 Å². The molecule has 0 unspecified atom stereocenters. The Bertz CT molecular complexity index is 893. The molecule has 0 spiro atoms. The Kier molecular flexibility index (Phi) is 9.10. The second-order valence-corrected chi connectivity index (χ2v) is 7.01. The first-order valence-corrected chi connectivity index (χ1v) is 10.2. The van der Waals surface area contributed by atoms with Gasteiger partial charge in [0.05, 0.1) is 0 Å². The fourth-order valence-electron chi connectivity index (χ4n) is 3.23. The lowest BCUT2D eigenvalue weighted by Crippen LogP contribution is -2.14. The molecule has 0 aliphatic carbocycles. The van der Waals surface area contributed by atoms with Crippen LogP contribution >= 0.6 is 0 Å². The molecular formula is C26H31FN2. The second-order valence-electron chi connectivity index (χ2n) is 7.01. The van der Waals surface area contributed by atoms with Crippen LogP contribution in [0.25, 0.3) is 5.57 Å². The summed E-state index contributed by atoms with van der Waals surface area (Å²) in [6, 6.07) is 15.0. The molecule has 2 rings (SSSR count). The van der Waals surface area contributed by atoms with Crippen LogP contribution < -0.4 is 5.32 Å². The van der Waals surface area contributed by atoms with Crippen LogP contribution in [0.2, 0.25) is 0 Å². The maximum Gasteiger partial charge on any atom is 0.123 e. The van der Waals surface area contributed by atoms with E-state index in [1.54, 1.807) is 18.3 Å². The Morgan fingerprint density at radius 2 is 1.93 bits per heavy atom. The van der Waals surface area contributed by atoms with Gasteiger partial charge in [-0.15, -0.1) is 0 Å². The van der Waals surface area contributed by atoms with Crippen molar-refractivity contribution < 1.29 is 4.39 Å². The van der Waals surface area contributed by atoms with Gasteiger partial charge in [-0.2, -0.15) is 0 Å². The van der Waals surface area contributed by atoms with Crippen LogP contribution in [0.5, 0.6) is 0 Å². The standard InChI is InChI=1S/C26H31FN2/c1-5-7-12-23(20(3)29-18-21-11-10-14-25(27)16-21)17-24(19-28-4)26-15-9-8-13-22(26)6-2/h8-11,13-17,19,29H,3-7,12,18H2,1-2H3/b23-17+,24-19+. The zero-order chi connectivity index (χ0) is 21.1. The fourth-order valence-corrected chi connectivity index (χ4v) is 3.23. The highest BCUT2D eigenvalue weighted by Crippen LogP contribution is 2.26. The Morgan fingerprint density at radius 1 is 1.14 bits per heavy atom.